The first kappa shape index (κ1) is 29.0. The van der Waals surface area contributed by atoms with Crippen molar-refractivity contribution in [2.45, 2.75) is 50.0 Å². The highest BCUT2D eigenvalue weighted by molar-refractivity contribution is 6.34. The normalized spacial score (nSPS) is 28.7. The van der Waals surface area contributed by atoms with Crippen LogP contribution in [0.2, 0.25) is 5.02 Å². The Morgan fingerprint density at radius 1 is 1.20 bits per heavy atom. The SMILES string of the molecule is C=CCOC(=O)[C@H]1[C@H]2C(=O)N([C@H](CO)c3ccccc3)C(C(=O)N(CC=C)c3c(C)cccc3Cl)C23CC[C@]1(C)O3. The van der Waals surface area contributed by atoms with E-state index in [4.69, 9.17) is 21.1 Å². The number of carbonyl (C=O) groups is 3. The molecule has 5 rings (SSSR count). The molecule has 41 heavy (non-hydrogen) atoms. The minimum absolute atomic E-state index is 0.00638. The highest BCUT2D eigenvalue weighted by atomic mass is 35.5. The third kappa shape index (κ3) is 4.49. The van der Waals surface area contributed by atoms with Gasteiger partial charge in [0.25, 0.3) is 5.91 Å². The van der Waals surface area contributed by atoms with Crippen LogP contribution < -0.4 is 4.90 Å². The molecule has 2 aromatic carbocycles. The molecule has 0 radical (unpaired) electrons. The van der Waals surface area contributed by atoms with Crippen molar-refractivity contribution in [2.75, 3.05) is 24.7 Å². The monoisotopic (exact) mass is 578 g/mol. The van der Waals surface area contributed by atoms with Crippen molar-refractivity contribution in [1.82, 2.24) is 4.90 Å². The summed E-state index contributed by atoms with van der Waals surface area (Å²) in [5.41, 5.74) is -0.361. The molecule has 2 aromatic rings. The minimum Gasteiger partial charge on any atom is -0.461 e. The standard InChI is InChI=1S/C32H35ClN2O6/c1-5-17-34(26-20(3)11-10-14-22(26)33)29(38)27-32-16-15-31(4,41-32)25(30(39)40-18-6-2)24(32)28(37)35(27)23(19-36)21-12-8-7-9-13-21/h5-14,23-25,27,36H,1-2,15-19H2,3-4H3/t23-,24+,25-,27?,31+,32?/m1/s1. The molecule has 3 saturated heterocycles. The van der Waals surface area contributed by atoms with E-state index in [2.05, 4.69) is 13.2 Å². The molecule has 3 heterocycles. The number of benzene rings is 2. The molecule has 2 bridgehead atoms. The second-order valence-corrected chi connectivity index (χ2v) is 11.6. The van der Waals surface area contributed by atoms with E-state index in [0.717, 1.165) is 5.56 Å². The number of ether oxygens (including phenoxy) is 2. The number of likely N-dealkylation sites (tertiary alicyclic amines) is 1. The molecule has 1 N–H and O–H groups in total. The van der Waals surface area contributed by atoms with Gasteiger partial charge in [-0.3, -0.25) is 14.4 Å². The fourth-order valence-electron chi connectivity index (χ4n) is 7.13. The van der Waals surface area contributed by atoms with Crippen LogP contribution in [-0.4, -0.2) is 64.8 Å². The maximum absolute atomic E-state index is 14.9. The summed E-state index contributed by atoms with van der Waals surface area (Å²) in [6.07, 6.45) is 3.91. The van der Waals surface area contributed by atoms with E-state index in [1.54, 1.807) is 37.3 Å². The first-order valence-electron chi connectivity index (χ1n) is 13.8. The number of halogens is 1. The number of anilines is 1. The van der Waals surface area contributed by atoms with Gasteiger partial charge in [0.1, 0.15) is 24.2 Å². The second-order valence-electron chi connectivity index (χ2n) is 11.1. The van der Waals surface area contributed by atoms with Gasteiger partial charge in [0, 0.05) is 6.54 Å². The van der Waals surface area contributed by atoms with Gasteiger partial charge in [0.2, 0.25) is 5.91 Å². The lowest BCUT2D eigenvalue weighted by atomic mass is 9.66. The molecule has 2 amide bonds. The van der Waals surface area contributed by atoms with Crippen LogP contribution in [0.25, 0.3) is 0 Å². The number of hydrogen-bond donors (Lipinski definition) is 1. The highest BCUT2D eigenvalue weighted by Crippen LogP contribution is 2.64. The topological polar surface area (TPSA) is 96.4 Å². The van der Waals surface area contributed by atoms with Crippen molar-refractivity contribution in [2.24, 2.45) is 11.8 Å². The number of aliphatic hydroxyl groups is 1. The smallest absolute Gasteiger partial charge is 0.313 e. The van der Waals surface area contributed by atoms with Crippen molar-refractivity contribution in [3.63, 3.8) is 0 Å². The molecular weight excluding hydrogens is 544 g/mol. The molecule has 3 aliphatic heterocycles. The third-order valence-electron chi connectivity index (χ3n) is 8.78. The number of rotatable bonds is 10. The summed E-state index contributed by atoms with van der Waals surface area (Å²) in [7, 11) is 0. The molecule has 6 atom stereocenters. The largest absolute Gasteiger partial charge is 0.461 e. The second kappa shape index (κ2) is 11.1. The molecule has 0 aromatic heterocycles. The number of nitrogens with zero attached hydrogens (tertiary/aromatic N) is 2. The zero-order chi connectivity index (χ0) is 29.5. The first-order chi connectivity index (χ1) is 19.6. The Balaban J connectivity index is 1.69. The lowest BCUT2D eigenvalue weighted by molar-refractivity contribution is -0.159. The lowest BCUT2D eigenvalue weighted by Crippen LogP contribution is -2.57. The summed E-state index contributed by atoms with van der Waals surface area (Å²) in [4.78, 5) is 45.8. The van der Waals surface area contributed by atoms with Crippen molar-refractivity contribution in [3.05, 3.63) is 90.0 Å². The molecule has 216 valence electrons. The van der Waals surface area contributed by atoms with Gasteiger partial charge in [-0.25, -0.2) is 0 Å². The van der Waals surface area contributed by atoms with Crippen LogP contribution >= 0.6 is 11.6 Å². The fourth-order valence-corrected chi connectivity index (χ4v) is 7.45. The van der Waals surface area contributed by atoms with Gasteiger partial charge in [-0.05, 0) is 43.9 Å². The Labute approximate surface area is 245 Å². The molecule has 3 fully saturated rings. The maximum atomic E-state index is 14.9. The number of aryl methyl sites for hydroxylation is 1. The Morgan fingerprint density at radius 3 is 2.56 bits per heavy atom. The van der Waals surface area contributed by atoms with Crippen LogP contribution in [0.1, 0.15) is 36.9 Å². The van der Waals surface area contributed by atoms with Crippen molar-refractivity contribution >= 4 is 35.1 Å². The van der Waals surface area contributed by atoms with Crippen LogP contribution in [0, 0.1) is 18.8 Å². The first-order valence-corrected chi connectivity index (χ1v) is 14.2. The van der Waals surface area contributed by atoms with E-state index < -0.39 is 59.5 Å². The zero-order valence-electron chi connectivity index (χ0n) is 23.3. The van der Waals surface area contributed by atoms with Gasteiger partial charge in [0.15, 0.2) is 0 Å². The average molecular weight is 579 g/mol. The summed E-state index contributed by atoms with van der Waals surface area (Å²) in [5.74, 6) is -3.30. The van der Waals surface area contributed by atoms with Gasteiger partial charge in [-0.1, -0.05) is 72.8 Å². The van der Waals surface area contributed by atoms with Crippen molar-refractivity contribution in [3.8, 4) is 0 Å². The summed E-state index contributed by atoms with van der Waals surface area (Å²) in [5, 5.41) is 11.1. The molecule has 0 aliphatic carbocycles. The Kier molecular flexibility index (Phi) is 7.85. The molecule has 1 spiro atoms. The van der Waals surface area contributed by atoms with E-state index in [0.29, 0.717) is 29.1 Å². The van der Waals surface area contributed by atoms with Crippen LogP contribution in [-0.2, 0) is 23.9 Å². The van der Waals surface area contributed by atoms with E-state index in [1.807, 2.05) is 31.2 Å². The predicted octanol–water partition coefficient (Wildman–Crippen LogP) is 4.39. The lowest BCUT2D eigenvalue weighted by Gasteiger charge is -2.40. The van der Waals surface area contributed by atoms with Crippen LogP contribution in [0.15, 0.2) is 73.8 Å². The average Bonchev–Trinajstić information content (AvgIpc) is 3.53. The molecule has 8 nitrogen and oxygen atoms in total. The van der Waals surface area contributed by atoms with E-state index in [9.17, 15) is 19.5 Å². The molecule has 3 aliphatic rings. The molecule has 2 unspecified atom stereocenters. The van der Waals surface area contributed by atoms with Crippen LogP contribution in [0.3, 0.4) is 0 Å². The number of hydrogen-bond acceptors (Lipinski definition) is 6. The van der Waals surface area contributed by atoms with E-state index in [-0.39, 0.29) is 13.2 Å². The molecule has 9 heteroatoms. The van der Waals surface area contributed by atoms with E-state index >= 15 is 0 Å². The zero-order valence-corrected chi connectivity index (χ0v) is 24.0. The Morgan fingerprint density at radius 2 is 1.93 bits per heavy atom. The van der Waals surface area contributed by atoms with Gasteiger partial charge in [-0.2, -0.15) is 0 Å². The minimum atomic E-state index is -1.31. The quantitative estimate of drug-likeness (QED) is 0.332. The van der Waals surface area contributed by atoms with Crippen LogP contribution in [0.4, 0.5) is 5.69 Å². The summed E-state index contributed by atoms with van der Waals surface area (Å²) in [6.45, 7) is 10.8. The van der Waals surface area contributed by atoms with Gasteiger partial charge in [0.05, 0.1) is 34.9 Å². The highest BCUT2D eigenvalue weighted by Gasteiger charge is 2.79. The molecular formula is C32H35ClN2O6. The van der Waals surface area contributed by atoms with Crippen molar-refractivity contribution in [1.29, 1.82) is 0 Å². The van der Waals surface area contributed by atoms with Crippen molar-refractivity contribution < 1.29 is 29.0 Å². The van der Waals surface area contributed by atoms with E-state index in [1.165, 1.54) is 15.9 Å². The van der Waals surface area contributed by atoms with Gasteiger partial charge in [-0.15, -0.1) is 6.58 Å². The van der Waals surface area contributed by atoms with Gasteiger partial charge >= 0.3 is 5.97 Å². The predicted molar refractivity (Wildman–Crippen MR) is 155 cm³/mol. The Bertz CT molecular complexity index is 1360. The number of para-hydroxylation sites is 1. The number of esters is 1. The maximum Gasteiger partial charge on any atom is 0.313 e. The number of carbonyl (C=O) groups excluding carboxylic acids is 3. The molecule has 0 saturated carbocycles. The summed E-state index contributed by atoms with van der Waals surface area (Å²) >= 11 is 6.64. The number of aliphatic hydroxyl groups excluding tert-OH is 1. The third-order valence-corrected chi connectivity index (χ3v) is 9.08. The van der Waals surface area contributed by atoms with Gasteiger partial charge < -0.3 is 24.4 Å². The summed E-state index contributed by atoms with van der Waals surface area (Å²) in [6, 6.07) is 12.4. The number of fused-ring (bicyclic) bond motifs is 1. The Hall–Kier alpha value is -3.46. The number of amides is 2. The fraction of sp³-hybridized carbons (Fsp3) is 0.406. The van der Waals surface area contributed by atoms with Crippen LogP contribution in [0.5, 0.6) is 0 Å². The summed E-state index contributed by atoms with van der Waals surface area (Å²) < 4.78 is 12.1.